The minimum Gasteiger partial charge on any atom is -0.389 e. The van der Waals surface area contributed by atoms with Gasteiger partial charge in [-0.25, -0.2) is 4.98 Å². The molecule has 1 aromatic rings. The van der Waals surface area contributed by atoms with Gasteiger partial charge < -0.3 is 5.11 Å². The minimum atomic E-state index is -0.624. The molecule has 1 aliphatic rings. The van der Waals surface area contributed by atoms with Gasteiger partial charge in [0.15, 0.2) is 0 Å². The molecule has 0 bridgehead atoms. The van der Waals surface area contributed by atoms with Crippen LogP contribution in [0.5, 0.6) is 0 Å². The van der Waals surface area contributed by atoms with E-state index in [9.17, 15) is 5.11 Å². The van der Waals surface area contributed by atoms with Crippen molar-refractivity contribution in [3.63, 3.8) is 0 Å². The largest absolute Gasteiger partial charge is 0.389 e. The van der Waals surface area contributed by atoms with Gasteiger partial charge in [0.25, 0.3) is 0 Å². The van der Waals surface area contributed by atoms with Crippen molar-refractivity contribution in [1.29, 1.82) is 0 Å². The second kappa shape index (κ2) is 4.65. The van der Waals surface area contributed by atoms with Crippen LogP contribution in [0.3, 0.4) is 0 Å². The van der Waals surface area contributed by atoms with E-state index in [1.54, 1.807) is 6.33 Å². The average Bonchev–Trinajstić information content (AvgIpc) is 2.59. The van der Waals surface area contributed by atoms with Gasteiger partial charge in [-0.3, -0.25) is 4.68 Å². The summed E-state index contributed by atoms with van der Waals surface area (Å²) in [6.07, 6.45) is 5.11. The third-order valence-corrected chi connectivity index (χ3v) is 3.92. The zero-order chi connectivity index (χ0) is 13.4. The Hall–Kier alpha value is -0.900. The Balaban J connectivity index is 2.16. The Morgan fingerprint density at radius 3 is 2.78 bits per heavy atom. The highest BCUT2D eigenvalue weighted by molar-refractivity contribution is 5.00. The third-order valence-electron chi connectivity index (χ3n) is 3.92. The molecule has 4 heteroatoms. The molecule has 1 aromatic heterocycles. The lowest BCUT2D eigenvalue weighted by Crippen LogP contribution is -2.44. The molecule has 2 atom stereocenters. The van der Waals surface area contributed by atoms with Crippen molar-refractivity contribution in [2.24, 2.45) is 11.3 Å². The maximum absolute atomic E-state index is 10.9. The van der Waals surface area contributed by atoms with Gasteiger partial charge in [-0.1, -0.05) is 20.8 Å². The predicted molar refractivity (Wildman–Crippen MR) is 71.1 cm³/mol. The molecule has 0 saturated heterocycles. The highest BCUT2D eigenvalue weighted by Gasteiger charge is 2.42. The van der Waals surface area contributed by atoms with Gasteiger partial charge in [0.2, 0.25) is 0 Å². The van der Waals surface area contributed by atoms with Gasteiger partial charge in [0.05, 0.1) is 5.60 Å². The van der Waals surface area contributed by atoms with Gasteiger partial charge in [0, 0.05) is 13.0 Å². The third kappa shape index (κ3) is 2.91. The Morgan fingerprint density at radius 2 is 2.17 bits per heavy atom. The van der Waals surface area contributed by atoms with E-state index in [4.69, 9.17) is 0 Å². The van der Waals surface area contributed by atoms with E-state index >= 15 is 0 Å². The second-order valence-corrected chi connectivity index (χ2v) is 6.75. The standard InChI is InChI=1S/C14H25N3O/c1-5-17-12(15-10-16-17)8-14(18)7-11(2)6-13(3,4)9-14/h10-11,18H,5-9H2,1-4H3. The van der Waals surface area contributed by atoms with Crippen molar-refractivity contribution < 1.29 is 5.11 Å². The number of hydrogen-bond donors (Lipinski definition) is 1. The summed E-state index contributed by atoms with van der Waals surface area (Å²) >= 11 is 0. The molecule has 4 nitrogen and oxygen atoms in total. The van der Waals surface area contributed by atoms with Crippen molar-refractivity contribution in [3.05, 3.63) is 12.2 Å². The van der Waals surface area contributed by atoms with Crippen LogP contribution in [0.4, 0.5) is 0 Å². The van der Waals surface area contributed by atoms with Crippen LogP contribution < -0.4 is 0 Å². The van der Waals surface area contributed by atoms with Crippen molar-refractivity contribution in [2.45, 2.75) is 65.5 Å². The predicted octanol–water partition coefficient (Wildman–Crippen LogP) is 2.42. The number of hydrogen-bond acceptors (Lipinski definition) is 3. The normalized spacial score (nSPS) is 31.5. The van der Waals surface area contributed by atoms with Crippen molar-refractivity contribution in [1.82, 2.24) is 14.8 Å². The number of rotatable bonds is 3. The lowest BCUT2D eigenvalue weighted by molar-refractivity contribution is -0.0592. The van der Waals surface area contributed by atoms with Crippen LogP contribution >= 0.6 is 0 Å². The van der Waals surface area contributed by atoms with Gasteiger partial charge in [-0.05, 0) is 37.5 Å². The highest BCUT2D eigenvalue weighted by atomic mass is 16.3. The molecule has 0 spiro atoms. The summed E-state index contributed by atoms with van der Waals surface area (Å²) in [4.78, 5) is 4.29. The summed E-state index contributed by atoms with van der Waals surface area (Å²) < 4.78 is 1.88. The van der Waals surface area contributed by atoms with Crippen LogP contribution in [0, 0.1) is 11.3 Å². The van der Waals surface area contributed by atoms with E-state index in [0.717, 1.165) is 25.2 Å². The van der Waals surface area contributed by atoms with Crippen molar-refractivity contribution in [3.8, 4) is 0 Å². The van der Waals surface area contributed by atoms with Crippen LogP contribution in [0.15, 0.2) is 6.33 Å². The SMILES string of the molecule is CCn1ncnc1CC1(O)CC(C)CC(C)(C)C1. The Bertz CT molecular complexity index is 413. The summed E-state index contributed by atoms with van der Waals surface area (Å²) in [6, 6.07) is 0. The molecule has 1 aliphatic carbocycles. The van der Waals surface area contributed by atoms with Crippen molar-refractivity contribution in [2.75, 3.05) is 0 Å². The number of aromatic nitrogens is 3. The molecule has 0 amide bonds. The van der Waals surface area contributed by atoms with Crippen LogP contribution in [-0.2, 0) is 13.0 Å². The summed E-state index contributed by atoms with van der Waals surface area (Å²) in [5.74, 6) is 1.47. The van der Waals surface area contributed by atoms with Gasteiger partial charge in [0.1, 0.15) is 12.2 Å². The molecule has 2 rings (SSSR count). The Morgan fingerprint density at radius 1 is 1.44 bits per heavy atom. The van der Waals surface area contributed by atoms with Crippen LogP contribution in [0.1, 0.15) is 52.8 Å². The second-order valence-electron chi connectivity index (χ2n) is 6.75. The van der Waals surface area contributed by atoms with Gasteiger partial charge in [-0.15, -0.1) is 0 Å². The average molecular weight is 251 g/mol. The van der Waals surface area contributed by atoms with Crippen LogP contribution in [0.2, 0.25) is 0 Å². The molecular formula is C14H25N3O. The fraction of sp³-hybridized carbons (Fsp3) is 0.857. The fourth-order valence-electron chi connectivity index (χ4n) is 3.82. The first-order valence-corrected chi connectivity index (χ1v) is 6.93. The molecule has 102 valence electrons. The first-order valence-electron chi connectivity index (χ1n) is 6.93. The summed E-state index contributed by atoms with van der Waals surface area (Å²) in [7, 11) is 0. The zero-order valence-corrected chi connectivity index (χ0v) is 12.0. The van der Waals surface area contributed by atoms with E-state index in [1.165, 1.54) is 6.42 Å². The molecule has 0 radical (unpaired) electrons. The molecule has 0 aliphatic heterocycles. The molecule has 1 N–H and O–H groups in total. The highest BCUT2D eigenvalue weighted by Crippen LogP contribution is 2.44. The molecule has 1 fully saturated rings. The first kappa shape index (κ1) is 13.5. The van der Waals surface area contributed by atoms with E-state index < -0.39 is 5.60 Å². The molecule has 18 heavy (non-hydrogen) atoms. The van der Waals surface area contributed by atoms with Gasteiger partial charge in [-0.2, -0.15) is 5.10 Å². The quantitative estimate of drug-likeness (QED) is 0.897. The Kier molecular flexibility index (Phi) is 3.49. The first-order chi connectivity index (χ1) is 8.34. The molecule has 0 aromatic carbocycles. The smallest absolute Gasteiger partial charge is 0.138 e. The molecule has 2 unspecified atom stereocenters. The maximum atomic E-state index is 10.9. The topological polar surface area (TPSA) is 50.9 Å². The number of aryl methyl sites for hydroxylation is 1. The van der Waals surface area contributed by atoms with E-state index in [1.807, 2.05) is 4.68 Å². The zero-order valence-electron chi connectivity index (χ0n) is 12.0. The fourth-order valence-corrected chi connectivity index (χ4v) is 3.82. The summed E-state index contributed by atoms with van der Waals surface area (Å²) in [5.41, 5.74) is -0.412. The van der Waals surface area contributed by atoms with E-state index in [2.05, 4.69) is 37.8 Å². The summed E-state index contributed by atoms with van der Waals surface area (Å²) in [5, 5.41) is 15.1. The van der Waals surface area contributed by atoms with Gasteiger partial charge >= 0.3 is 0 Å². The summed E-state index contributed by atoms with van der Waals surface area (Å²) in [6.45, 7) is 9.59. The van der Waals surface area contributed by atoms with E-state index in [0.29, 0.717) is 12.3 Å². The minimum absolute atomic E-state index is 0.212. The molecule has 1 heterocycles. The number of nitrogens with zero attached hydrogens (tertiary/aromatic N) is 3. The van der Waals surface area contributed by atoms with E-state index in [-0.39, 0.29) is 5.41 Å². The van der Waals surface area contributed by atoms with Crippen LogP contribution in [-0.4, -0.2) is 25.5 Å². The molecule has 1 saturated carbocycles. The lowest BCUT2D eigenvalue weighted by Gasteiger charge is -2.44. The maximum Gasteiger partial charge on any atom is 0.138 e. The monoisotopic (exact) mass is 251 g/mol. The number of aliphatic hydroxyl groups is 1. The Labute approximate surface area is 109 Å². The lowest BCUT2D eigenvalue weighted by atomic mass is 9.65. The molecular weight excluding hydrogens is 226 g/mol. The van der Waals surface area contributed by atoms with Crippen LogP contribution in [0.25, 0.3) is 0 Å². The van der Waals surface area contributed by atoms with Crippen molar-refractivity contribution >= 4 is 0 Å².